The first-order chi connectivity index (χ1) is 11.1. The Morgan fingerprint density at radius 2 is 1.91 bits per heavy atom. The fourth-order valence-corrected chi connectivity index (χ4v) is 2.84. The van der Waals surface area contributed by atoms with Gasteiger partial charge in [-0.25, -0.2) is 0 Å². The molecular weight excluding hydrogens is 330 g/mol. The van der Waals surface area contributed by atoms with E-state index in [1.807, 2.05) is 55.5 Å². The van der Waals surface area contributed by atoms with Gasteiger partial charge in [0.1, 0.15) is 5.75 Å². The van der Waals surface area contributed by atoms with E-state index in [2.05, 4.69) is 5.32 Å². The van der Waals surface area contributed by atoms with Gasteiger partial charge in [0.2, 0.25) is 0 Å². The molecule has 122 valence electrons. The summed E-state index contributed by atoms with van der Waals surface area (Å²) in [4.78, 5) is 13.2. The zero-order valence-electron chi connectivity index (χ0n) is 13.2. The average Bonchev–Trinajstić information content (AvgIpc) is 2.55. The Kier molecular flexibility index (Phi) is 6.81. The van der Waals surface area contributed by atoms with Gasteiger partial charge in [-0.15, -0.1) is 11.8 Å². The van der Waals surface area contributed by atoms with Crippen LogP contribution in [0.3, 0.4) is 0 Å². The highest BCUT2D eigenvalue weighted by atomic mass is 35.5. The lowest BCUT2D eigenvalue weighted by atomic mass is 10.2. The SMILES string of the molecule is Cc1ccccc1OC(C)C(=O)NCCSc1ccc(Cl)cc1. The molecule has 1 atom stereocenters. The van der Waals surface area contributed by atoms with Crippen LogP contribution in [0.5, 0.6) is 5.75 Å². The highest BCUT2D eigenvalue weighted by Crippen LogP contribution is 2.20. The summed E-state index contributed by atoms with van der Waals surface area (Å²) in [5.41, 5.74) is 1.02. The molecule has 0 heterocycles. The summed E-state index contributed by atoms with van der Waals surface area (Å²) in [5.74, 6) is 1.43. The van der Waals surface area contributed by atoms with Crippen LogP contribution in [0.2, 0.25) is 5.02 Å². The van der Waals surface area contributed by atoms with Gasteiger partial charge in [-0.05, 0) is 49.7 Å². The summed E-state index contributed by atoms with van der Waals surface area (Å²) in [6, 6.07) is 15.3. The maximum Gasteiger partial charge on any atom is 0.260 e. The van der Waals surface area contributed by atoms with Crippen molar-refractivity contribution >= 4 is 29.3 Å². The molecule has 0 bridgehead atoms. The van der Waals surface area contributed by atoms with Crippen molar-refractivity contribution in [2.24, 2.45) is 0 Å². The van der Waals surface area contributed by atoms with Gasteiger partial charge in [0.15, 0.2) is 6.10 Å². The Balaban J connectivity index is 1.72. The lowest BCUT2D eigenvalue weighted by molar-refractivity contribution is -0.127. The molecule has 0 radical (unpaired) electrons. The standard InChI is InChI=1S/C18H20ClNO2S/c1-13-5-3-4-6-17(13)22-14(2)18(21)20-11-12-23-16-9-7-15(19)8-10-16/h3-10,14H,11-12H2,1-2H3,(H,20,21). The van der Waals surface area contributed by atoms with Crippen LogP contribution in [0.1, 0.15) is 12.5 Å². The zero-order valence-corrected chi connectivity index (χ0v) is 14.8. The first-order valence-corrected chi connectivity index (χ1v) is 8.81. The number of hydrogen-bond donors (Lipinski definition) is 1. The minimum absolute atomic E-state index is 0.107. The van der Waals surface area contributed by atoms with E-state index < -0.39 is 6.10 Å². The Hall–Kier alpha value is -1.65. The number of amides is 1. The van der Waals surface area contributed by atoms with Gasteiger partial charge in [0, 0.05) is 22.2 Å². The molecule has 2 aromatic rings. The summed E-state index contributed by atoms with van der Waals surface area (Å²) in [6.45, 7) is 4.31. The van der Waals surface area contributed by atoms with Gasteiger partial charge in [-0.1, -0.05) is 29.8 Å². The lowest BCUT2D eigenvalue weighted by Crippen LogP contribution is -2.37. The third-order valence-corrected chi connectivity index (χ3v) is 4.52. The van der Waals surface area contributed by atoms with E-state index in [0.29, 0.717) is 6.54 Å². The lowest BCUT2D eigenvalue weighted by Gasteiger charge is -2.16. The number of hydrogen-bond acceptors (Lipinski definition) is 3. The predicted octanol–water partition coefficient (Wildman–Crippen LogP) is 4.32. The molecule has 2 rings (SSSR count). The van der Waals surface area contributed by atoms with Crippen LogP contribution in [-0.4, -0.2) is 24.3 Å². The molecule has 0 aliphatic rings. The van der Waals surface area contributed by atoms with Gasteiger partial charge in [0.05, 0.1) is 0 Å². The van der Waals surface area contributed by atoms with Crippen LogP contribution in [0.25, 0.3) is 0 Å². The van der Waals surface area contributed by atoms with Crippen LogP contribution in [0.4, 0.5) is 0 Å². The maximum atomic E-state index is 12.1. The van der Waals surface area contributed by atoms with E-state index in [9.17, 15) is 4.79 Å². The monoisotopic (exact) mass is 349 g/mol. The Bertz CT molecular complexity index is 646. The molecule has 0 spiro atoms. The molecule has 5 heteroatoms. The highest BCUT2D eigenvalue weighted by Gasteiger charge is 2.14. The third-order valence-electron chi connectivity index (χ3n) is 3.25. The largest absolute Gasteiger partial charge is 0.481 e. The molecular formula is C18H20ClNO2S. The minimum Gasteiger partial charge on any atom is -0.481 e. The summed E-state index contributed by atoms with van der Waals surface area (Å²) in [5, 5.41) is 3.62. The zero-order chi connectivity index (χ0) is 16.7. The van der Waals surface area contributed by atoms with Gasteiger partial charge >= 0.3 is 0 Å². The molecule has 0 aliphatic heterocycles. The average molecular weight is 350 g/mol. The van der Waals surface area contributed by atoms with E-state index in [-0.39, 0.29) is 5.91 Å². The number of carbonyl (C=O) groups is 1. The van der Waals surface area contributed by atoms with Crippen molar-refractivity contribution in [1.82, 2.24) is 5.32 Å². The maximum absolute atomic E-state index is 12.1. The third kappa shape index (κ3) is 5.81. The molecule has 1 unspecified atom stereocenters. The number of para-hydroxylation sites is 1. The molecule has 0 aromatic heterocycles. The second-order valence-electron chi connectivity index (χ2n) is 5.12. The molecule has 2 aromatic carbocycles. The number of carbonyl (C=O) groups excluding carboxylic acids is 1. The topological polar surface area (TPSA) is 38.3 Å². The normalized spacial score (nSPS) is 11.8. The van der Waals surface area contributed by atoms with Crippen molar-refractivity contribution in [2.45, 2.75) is 24.8 Å². The second-order valence-corrected chi connectivity index (χ2v) is 6.72. The van der Waals surface area contributed by atoms with E-state index >= 15 is 0 Å². The number of rotatable bonds is 7. The highest BCUT2D eigenvalue weighted by molar-refractivity contribution is 7.99. The first kappa shape index (κ1) is 17.7. The predicted molar refractivity (Wildman–Crippen MR) is 96.5 cm³/mol. The fraction of sp³-hybridized carbons (Fsp3) is 0.278. The van der Waals surface area contributed by atoms with Crippen LogP contribution in [0.15, 0.2) is 53.4 Å². The Morgan fingerprint density at radius 3 is 2.61 bits per heavy atom. The van der Waals surface area contributed by atoms with Crippen molar-refractivity contribution in [3.8, 4) is 5.75 Å². The molecule has 1 amide bonds. The van der Waals surface area contributed by atoms with Crippen LogP contribution in [0, 0.1) is 6.92 Å². The Morgan fingerprint density at radius 1 is 1.22 bits per heavy atom. The van der Waals surface area contributed by atoms with Crippen LogP contribution in [-0.2, 0) is 4.79 Å². The number of nitrogens with one attached hydrogen (secondary N) is 1. The van der Waals surface area contributed by atoms with Crippen LogP contribution >= 0.6 is 23.4 Å². The van der Waals surface area contributed by atoms with Gasteiger partial charge in [-0.2, -0.15) is 0 Å². The minimum atomic E-state index is -0.517. The van der Waals surface area contributed by atoms with Crippen molar-refractivity contribution < 1.29 is 9.53 Å². The van der Waals surface area contributed by atoms with Gasteiger partial charge < -0.3 is 10.1 Å². The summed E-state index contributed by atoms with van der Waals surface area (Å²) in [7, 11) is 0. The molecule has 0 saturated heterocycles. The Labute approximate surface area is 146 Å². The van der Waals surface area contributed by atoms with Crippen molar-refractivity contribution in [3.05, 3.63) is 59.1 Å². The van der Waals surface area contributed by atoms with E-state index in [4.69, 9.17) is 16.3 Å². The fourth-order valence-electron chi connectivity index (χ4n) is 1.95. The second kappa shape index (κ2) is 8.85. The number of ether oxygens (including phenoxy) is 1. The van der Waals surface area contributed by atoms with Gasteiger partial charge in [-0.3, -0.25) is 4.79 Å². The van der Waals surface area contributed by atoms with E-state index in [0.717, 1.165) is 27.0 Å². The number of aryl methyl sites for hydroxylation is 1. The summed E-state index contributed by atoms with van der Waals surface area (Å²) >= 11 is 7.52. The summed E-state index contributed by atoms with van der Waals surface area (Å²) in [6.07, 6.45) is -0.517. The molecule has 0 aliphatic carbocycles. The quantitative estimate of drug-likeness (QED) is 0.597. The van der Waals surface area contributed by atoms with Crippen molar-refractivity contribution in [2.75, 3.05) is 12.3 Å². The molecule has 3 nitrogen and oxygen atoms in total. The molecule has 1 N–H and O–H groups in total. The molecule has 0 saturated carbocycles. The van der Waals surface area contributed by atoms with Crippen molar-refractivity contribution in [1.29, 1.82) is 0 Å². The summed E-state index contributed by atoms with van der Waals surface area (Å²) < 4.78 is 5.70. The number of thioether (sulfide) groups is 1. The smallest absolute Gasteiger partial charge is 0.260 e. The van der Waals surface area contributed by atoms with E-state index in [1.54, 1.807) is 18.7 Å². The van der Waals surface area contributed by atoms with Gasteiger partial charge in [0.25, 0.3) is 5.91 Å². The number of halogens is 1. The number of benzene rings is 2. The molecule has 23 heavy (non-hydrogen) atoms. The molecule has 0 fully saturated rings. The van der Waals surface area contributed by atoms with Crippen molar-refractivity contribution in [3.63, 3.8) is 0 Å². The van der Waals surface area contributed by atoms with E-state index in [1.165, 1.54) is 0 Å². The van der Waals surface area contributed by atoms with Crippen LogP contribution < -0.4 is 10.1 Å². The first-order valence-electron chi connectivity index (χ1n) is 7.44.